The normalized spacial score (nSPS) is 12.2. The number of ether oxygens (including phenoxy) is 2. The molecule has 1 aromatic carbocycles. The molecule has 6 heteroatoms. The first kappa shape index (κ1) is 16.6. The quantitative estimate of drug-likeness (QED) is 0.754. The molecule has 3 nitrogen and oxygen atoms in total. The van der Waals surface area contributed by atoms with Gasteiger partial charge in [0.15, 0.2) is 11.5 Å². The topological polar surface area (TPSA) is 44.5 Å². The maximum atomic E-state index is 6.35. The van der Waals surface area contributed by atoms with E-state index in [0.29, 0.717) is 29.7 Å². The maximum absolute atomic E-state index is 6.35. The summed E-state index contributed by atoms with van der Waals surface area (Å²) in [6.45, 7) is 5.02. The third kappa shape index (κ3) is 3.72. The number of rotatable bonds is 6. The monoisotopic (exact) mass is 389 g/mol. The highest BCUT2D eigenvalue weighted by Crippen LogP contribution is 2.40. The van der Waals surface area contributed by atoms with E-state index in [-0.39, 0.29) is 6.04 Å². The van der Waals surface area contributed by atoms with Gasteiger partial charge in [0, 0.05) is 9.35 Å². The molecule has 1 aromatic heterocycles. The van der Waals surface area contributed by atoms with Crippen LogP contribution in [0, 0.1) is 0 Å². The summed E-state index contributed by atoms with van der Waals surface area (Å²) < 4.78 is 12.1. The van der Waals surface area contributed by atoms with E-state index in [4.69, 9.17) is 26.8 Å². The van der Waals surface area contributed by atoms with Crippen LogP contribution in [0.5, 0.6) is 11.5 Å². The van der Waals surface area contributed by atoms with Crippen molar-refractivity contribution in [1.29, 1.82) is 0 Å². The molecule has 0 spiro atoms. The summed E-state index contributed by atoms with van der Waals surface area (Å²) in [4.78, 5) is 0.934. The fraction of sp³-hybridized carbons (Fsp3) is 0.333. The van der Waals surface area contributed by atoms with Crippen LogP contribution in [-0.4, -0.2) is 13.2 Å². The summed E-state index contributed by atoms with van der Waals surface area (Å²) in [7, 11) is 0. The minimum Gasteiger partial charge on any atom is -0.490 e. The predicted molar refractivity (Wildman–Crippen MR) is 91.8 cm³/mol. The van der Waals surface area contributed by atoms with Crippen LogP contribution in [0.15, 0.2) is 28.1 Å². The first-order chi connectivity index (χ1) is 10.1. The van der Waals surface area contributed by atoms with Gasteiger partial charge in [-0.05, 0) is 43.0 Å². The predicted octanol–water partition coefficient (Wildman–Crippen LogP) is 5.01. The van der Waals surface area contributed by atoms with Gasteiger partial charge in [0.25, 0.3) is 0 Å². The molecule has 21 heavy (non-hydrogen) atoms. The molecule has 0 aliphatic carbocycles. The number of benzene rings is 1. The molecular weight excluding hydrogens is 374 g/mol. The molecule has 0 aliphatic heterocycles. The van der Waals surface area contributed by atoms with Crippen LogP contribution < -0.4 is 15.2 Å². The SMILES string of the molecule is CCOc1cc(Br)c(C(N)c2sccc2Cl)cc1OCC. The van der Waals surface area contributed by atoms with Crippen molar-refractivity contribution in [1.82, 2.24) is 0 Å². The van der Waals surface area contributed by atoms with Crippen LogP contribution in [0.1, 0.15) is 30.3 Å². The lowest BCUT2D eigenvalue weighted by Gasteiger charge is -2.18. The molecule has 2 N–H and O–H groups in total. The minimum absolute atomic E-state index is 0.304. The average molecular weight is 391 g/mol. The summed E-state index contributed by atoms with van der Waals surface area (Å²) in [6, 6.07) is 5.36. The number of nitrogens with two attached hydrogens (primary N) is 1. The molecule has 0 saturated carbocycles. The van der Waals surface area contributed by atoms with Crippen molar-refractivity contribution in [2.45, 2.75) is 19.9 Å². The van der Waals surface area contributed by atoms with E-state index in [2.05, 4.69) is 15.9 Å². The Morgan fingerprint density at radius 2 is 1.86 bits per heavy atom. The zero-order valence-corrected chi connectivity index (χ0v) is 15.0. The standard InChI is InChI=1S/C15H17BrClNO2S/c1-3-19-12-7-9(10(16)8-13(12)20-4-2)14(18)15-11(17)5-6-21-15/h5-8,14H,3-4,18H2,1-2H3. The Bertz CT molecular complexity index is 618. The molecule has 0 amide bonds. The van der Waals surface area contributed by atoms with Crippen LogP contribution in [0.3, 0.4) is 0 Å². The Morgan fingerprint density at radius 3 is 2.38 bits per heavy atom. The Morgan fingerprint density at radius 1 is 1.24 bits per heavy atom. The van der Waals surface area contributed by atoms with Crippen molar-refractivity contribution in [3.63, 3.8) is 0 Å². The van der Waals surface area contributed by atoms with Gasteiger partial charge in [-0.15, -0.1) is 11.3 Å². The molecule has 0 bridgehead atoms. The molecule has 0 aliphatic rings. The third-order valence-electron chi connectivity index (χ3n) is 2.93. The van der Waals surface area contributed by atoms with Crippen molar-refractivity contribution in [3.8, 4) is 11.5 Å². The zero-order valence-electron chi connectivity index (χ0n) is 11.9. The van der Waals surface area contributed by atoms with Gasteiger partial charge in [-0.25, -0.2) is 0 Å². The summed E-state index contributed by atoms with van der Waals surface area (Å²) in [6.07, 6.45) is 0. The van der Waals surface area contributed by atoms with Crippen LogP contribution >= 0.6 is 38.9 Å². The average Bonchev–Trinajstić information content (AvgIpc) is 2.87. The van der Waals surface area contributed by atoms with Crippen LogP contribution in [0.25, 0.3) is 0 Å². The Balaban J connectivity index is 2.44. The second-order valence-corrected chi connectivity index (χ2v) is 6.51. The van der Waals surface area contributed by atoms with Crippen molar-refractivity contribution in [3.05, 3.63) is 43.5 Å². The fourth-order valence-corrected chi connectivity index (χ4v) is 3.76. The Hall–Kier alpha value is -0.750. The molecule has 1 unspecified atom stereocenters. The van der Waals surface area contributed by atoms with Crippen molar-refractivity contribution < 1.29 is 9.47 Å². The van der Waals surface area contributed by atoms with Crippen molar-refractivity contribution in [2.75, 3.05) is 13.2 Å². The number of thiophene rings is 1. The lowest BCUT2D eigenvalue weighted by molar-refractivity contribution is 0.287. The zero-order chi connectivity index (χ0) is 15.4. The Kier molecular flexibility index (Phi) is 5.93. The summed E-state index contributed by atoms with van der Waals surface area (Å²) in [5, 5.41) is 2.62. The largest absolute Gasteiger partial charge is 0.490 e. The molecule has 0 fully saturated rings. The van der Waals surface area contributed by atoms with E-state index in [1.54, 1.807) is 11.3 Å². The molecule has 2 rings (SSSR count). The summed E-state index contributed by atoms with van der Waals surface area (Å²) in [5.74, 6) is 1.40. The van der Waals surface area contributed by atoms with Gasteiger partial charge in [-0.3, -0.25) is 0 Å². The van der Waals surface area contributed by atoms with Gasteiger partial charge in [0.05, 0.1) is 24.3 Å². The smallest absolute Gasteiger partial charge is 0.162 e. The molecule has 1 heterocycles. The lowest BCUT2D eigenvalue weighted by Crippen LogP contribution is -2.12. The third-order valence-corrected chi connectivity index (χ3v) is 5.05. The number of halogens is 2. The summed E-state index contributed by atoms with van der Waals surface area (Å²) in [5.41, 5.74) is 7.27. The van der Waals surface area contributed by atoms with Gasteiger partial charge in [0.1, 0.15) is 0 Å². The first-order valence-electron chi connectivity index (χ1n) is 6.65. The van der Waals surface area contributed by atoms with Gasteiger partial charge >= 0.3 is 0 Å². The van der Waals surface area contributed by atoms with Gasteiger partial charge in [0.2, 0.25) is 0 Å². The highest BCUT2D eigenvalue weighted by molar-refractivity contribution is 9.10. The number of hydrogen-bond donors (Lipinski definition) is 1. The fourth-order valence-electron chi connectivity index (χ4n) is 1.99. The van der Waals surface area contributed by atoms with Gasteiger partial charge in [-0.2, -0.15) is 0 Å². The van der Waals surface area contributed by atoms with E-state index >= 15 is 0 Å². The second kappa shape index (κ2) is 7.49. The summed E-state index contributed by atoms with van der Waals surface area (Å²) >= 11 is 11.3. The van der Waals surface area contributed by atoms with Crippen LogP contribution in [-0.2, 0) is 0 Å². The molecule has 114 valence electrons. The van der Waals surface area contributed by atoms with E-state index in [1.165, 1.54) is 0 Å². The highest BCUT2D eigenvalue weighted by Gasteiger charge is 2.20. The van der Waals surface area contributed by atoms with E-state index < -0.39 is 0 Å². The maximum Gasteiger partial charge on any atom is 0.162 e. The molecule has 1 atom stereocenters. The van der Waals surface area contributed by atoms with Crippen LogP contribution in [0.4, 0.5) is 0 Å². The van der Waals surface area contributed by atoms with E-state index in [1.807, 2.05) is 37.4 Å². The van der Waals surface area contributed by atoms with Gasteiger partial charge < -0.3 is 15.2 Å². The molecule has 0 radical (unpaired) electrons. The first-order valence-corrected chi connectivity index (χ1v) is 8.71. The van der Waals surface area contributed by atoms with Crippen molar-refractivity contribution in [2.24, 2.45) is 5.73 Å². The van der Waals surface area contributed by atoms with Crippen molar-refractivity contribution >= 4 is 38.9 Å². The second-order valence-electron chi connectivity index (χ2n) is 4.30. The lowest BCUT2D eigenvalue weighted by atomic mass is 10.1. The minimum atomic E-state index is -0.304. The Labute approximate surface area is 142 Å². The number of hydrogen-bond acceptors (Lipinski definition) is 4. The van der Waals surface area contributed by atoms with Crippen LogP contribution in [0.2, 0.25) is 5.02 Å². The molecule has 0 saturated heterocycles. The molecule has 2 aromatic rings. The van der Waals surface area contributed by atoms with E-state index in [0.717, 1.165) is 14.9 Å². The molecular formula is C15H17BrClNO2S. The highest BCUT2D eigenvalue weighted by atomic mass is 79.9. The van der Waals surface area contributed by atoms with Gasteiger partial charge in [-0.1, -0.05) is 27.5 Å². The van der Waals surface area contributed by atoms with E-state index in [9.17, 15) is 0 Å².